The van der Waals surface area contributed by atoms with Crippen molar-refractivity contribution in [2.45, 2.75) is 50.7 Å². The number of carboxylic acids is 1. The van der Waals surface area contributed by atoms with E-state index in [-0.39, 0.29) is 12.3 Å². The van der Waals surface area contributed by atoms with Crippen LogP contribution in [0, 0.1) is 0 Å². The third-order valence-electron chi connectivity index (χ3n) is 4.11. The largest absolute Gasteiger partial charge is 0.481 e. The minimum Gasteiger partial charge on any atom is -0.481 e. The van der Waals surface area contributed by atoms with Crippen molar-refractivity contribution in [1.82, 2.24) is 5.32 Å². The van der Waals surface area contributed by atoms with Gasteiger partial charge in [0.2, 0.25) is 0 Å². The second-order valence-corrected chi connectivity index (χ2v) is 5.79. The molecular formula is C17H23NO4. The van der Waals surface area contributed by atoms with Crippen LogP contribution in [0.4, 0.5) is 0 Å². The third-order valence-corrected chi connectivity index (χ3v) is 4.11. The molecule has 1 aromatic rings. The predicted molar refractivity (Wildman–Crippen MR) is 82.4 cm³/mol. The highest BCUT2D eigenvalue weighted by Gasteiger charge is 2.39. The first-order valence-corrected chi connectivity index (χ1v) is 7.77. The summed E-state index contributed by atoms with van der Waals surface area (Å²) in [6.45, 7) is 2.25. The normalized spacial score (nSPS) is 17.9. The second kappa shape index (κ2) is 7.40. The van der Waals surface area contributed by atoms with Gasteiger partial charge < -0.3 is 15.2 Å². The van der Waals surface area contributed by atoms with Crippen molar-refractivity contribution in [3.63, 3.8) is 0 Å². The van der Waals surface area contributed by atoms with Gasteiger partial charge in [-0.3, -0.25) is 9.59 Å². The van der Waals surface area contributed by atoms with Crippen LogP contribution < -0.4 is 5.32 Å². The van der Waals surface area contributed by atoms with Crippen LogP contribution >= 0.6 is 0 Å². The van der Waals surface area contributed by atoms with Crippen LogP contribution in [0.2, 0.25) is 0 Å². The number of benzene rings is 1. The van der Waals surface area contributed by atoms with Gasteiger partial charge in [0, 0.05) is 6.61 Å². The van der Waals surface area contributed by atoms with Crippen molar-refractivity contribution >= 4 is 11.9 Å². The van der Waals surface area contributed by atoms with E-state index in [1.165, 1.54) is 0 Å². The molecule has 0 aliphatic heterocycles. The van der Waals surface area contributed by atoms with Gasteiger partial charge in [-0.15, -0.1) is 0 Å². The Hall–Kier alpha value is -1.88. The monoisotopic (exact) mass is 305 g/mol. The molecule has 0 bridgehead atoms. The van der Waals surface area contributed by atoms with Crippen molar-refractivity contribution in [2.75, 3.05) is 6.61 Å². The zero-order chi connectivity index (χ0) is 16.0. The van der Waals surface area contributed by atoms with Gasteiger partial charge in [-0.05, 0) is 25.3 Å². The topological polar surface area (TPSA) is 75.6 Å². The highest BCUT2D eigenvalue weighted by Crippen LogP contribution is 2.33. The van der Waals surface area contributed by atoms with Gasteiger partial charge in [-0.2, -0.15) is 0 Å². The highest BCUT2D eigenvalue weighted by atomic mass is 16.5. The maximum Gasteiger partial charge on any atom is 0.305 e. The van der Waals surface area contributed by atoms with Crippen LogP contribution in [0.25, 0.3) is 0 Å². The van der Waals surface area contributed by atoms with E-state index in [0.29, 0.717) is 19.4 Å². The first-order valence-electron chi connectivity index (χ1n) is 7.77. The molecule has 1 fully saturated rings. The molecule has 1 saturated carbocycles. The molecule has 2 N–H and O–H groups in total. The molecule has 0 aromatic heterocycles. The standard InChI is InChI=1S/C17H23NO4/c1-2-22-15(13-8-4-3-5-9-13)16(21)18-17(12-14(19)20)10-6-7-11-17/h3-5,8-9,15H,2,6-7,10-12H2,1H3,(H,18,21)(H,19,20). The Kier molecular flexibility index (Phi) is 5.55. The number of carboxylic acid groups (broad SMARTS) is 1. The molecule has 0 saturated heterocycles. The quantitative estimate of drug-likeness (QED) is 0.812. The molecule has 0 radical (unpaired) electrons. The van der Waals surface area contributed by atoms with Crippen molar-refractivity contribution in [2.24, 2.45) is 0 Å². The minimum atomic E-state index is -0.880. The number of hydrogen-bond acceptors (Lipinski definition) is 3. The summed E-state index contributed by atoms with van der Waals surface area (Å²) in [6.07, 6.45) is 2.57. The average molecular weight is 305 g/mol. The van der Waals surface area contributed by atoms with Crippen LogP contribution in [0.1, 0.15) is 50.7 Å². The van der Waals surface area contributed by atoms with Crippen LogP contribution in [-0.2, 0) is 14.3 Å². The Morgan fingerprint density at radius 2 is 1.91 bits per heavy atom. The lowest BCUT2D eigenvalue weighted by Crippen LogP contribution is -2.49. The molecule has 0 heterocycles. The Balaban J connectivity index is 2.14. The molecule has 5 heteroatoms. The fourth-order valence-electron chi connectivity index (χ4n) is 3.13. The fraction of sp³-hybridized carbons (Fsp3) is 0.529. The lowest BCUT2D eigenvalue weighted by atomic mass is 9.92. The molecule has 1 amide bonds. The maximum absolute atomic E-state index is 12.6. The van der Waals surface area contributed by atoms with Gasteiger partial charge in [-0.25, -0.2) is 0 Å². The van der Waals surface area contributed by atoms with Crippen molar-refractivity contribution < 1.29 is 19.4 Å². The molecule has 0 spiro atoms. The van der Waals surface area contributed by atoms with E-state index >= 15 is 0 Å². The Bertz CT molecular complexity index is 509. The van der Waals surface area contributed by atoms with Crippen LogP contribution in [0.15, 0.2) is 30.3 Å². The van der Waals surface area contributed by atoms with Crippen molar-refractivity contribution in [3.8, 4) is 0 Å². The Morgan fingerprint density at radius 1 is 1.27 bits per heavy atom. The molecule has 1 unspecified atom stereocenters. The Morgan fingerprint density at radius 3 is 2.45 bits per heavy atom. The van der Waals surface area contributed by atoms with E-state index in [0.717, 1.165) is 18.4 Å². The van der Waals surface area contributed by atoms with Gasteiger partial charge in [0.1, 0.15) is 0 Å². The van der Waals surface area contributed by atoms with Gasteiger partial charge in [0.05, 0.1) is 12.0 Å². The summed E-state index contributed by atoms with van der Waals surface area (Å²) < 4.78 is 5.59. The summed E-state index contributed by atoms with van der Waals surface area (Å²) in [5.41, 5.74) is 0.151. The summed E-state index contributed by atoms with van der Waals surface area (Å²) in [4.78, 5) is 23.8. The summed E-state index contributed by atoms with van der Waals surface area (Å²) in [7, 11) is 0. The lowest BCUT2D eigenvalue weighted by Gasteiger charge is -2.31. The van der Waals surface area contributed by atoms with Crippen molar-refractivity contribution in [1.29, 1.82) is 0 Å². The first-order chi connectivity index (χ1) is 10.6. The summed E-state index contributed by atoms with van der Waals surface area (Å²) in [5, 5.41) is 12.1. The SMILES string of the molecule is CCOC(C(=O)NC1(CC(=O)O)CCCC1)c1ccccc1. The summed E-state index contributed by atoms with van der Waals surface area (Å²) in [6, 6.07) is 9.29. The zero-order valence-electron chi connectivity index (χ0n) is 12.9. The first kappa shape index (κ1) is 16.5. The number of carbonyl (C=O) groups is 2. The fourth-order valence-corrected chi connectivity index (χ4v) is 3.13. The van der Waals surface area contributed by atoms with E-state index in [1.54, 1.807) is 0 Å². The van der Waals surface area contributed by atoms with E-state index < -0.39 is 17.6 Å². The summed E-state index contributed by atoms with van der Waals surface area (Å²) in [5.74, 6) is -1.13. The minimum absolute atomic E-state index is 0.0353. The molecule has 2 rings (SSSR count). The van der Waals surface area contributed by atoms with Gasteiger partial charge in [0.15, 0.2) is 6.10 Å². The van der Waals surface area contributed by atoms with E-state index in [4.69, 9.17) is 9.84 Å². The number of ether oxygens (including phenoxy) is 1. The molecule has 22 heavy (non-hydrogen) atoms. The number of carbonyl (C=O) groups excluding carboxylic acids is 1. The number of aliphatic carboxylic acids is 1. The molecular weight excluding hydrogens is 282 g/mol. The number of amides is 1. The number of hydrogen-bond donors (Lipinski definition) is 2. The molecule has 1 aliphatic rings. The van der Waals surface area contributed by atoms with Crippen LogP contribution in [-0.4, -0.2) is 29.1 Å². The predicted octanol–water partition coefficient (Wildman–Crippen LogP) is 2.67. The second-order valence-electron chi connectivity index (χ2n) is 5.79. The highest BCUT2D eigenvalue weighted by molar-refractivity contribution is 5.83. The maximum atomic E-state index is 12.6. The molecule has 1 aromatic carbocycles. The van der Waals surface area contributed by atoms with E-state index in [9.17, 15) is 9.59 Å². The lowest BCUT2D eigenvalue weighted by molar-refractivity contribution is -0.140. The van der Waals surface area contributed by atoms with Gasteiger partial charge in [0.25, 0.3) is 5.91 Å². The van der Waals surface area contributed by atoms with Crippen LogP contribution in [0.3, 0.4) is 0 Å². The van der Waals surface area contributed by atoms with E-state index in [2.05, 4.69) is 5.32 Å². The Labute approximate surface area is 130 Å². The number of nitrogens with one attached hydrogen (secondary N) is 1. The van der Waals surface area contributed by atoms with Gasteiger partial charge >= 0.3 is 5.97 Å². The zero-order valence-corrected chi connectivity index (χ0v) is 12.9. The number of rotatable bonds is 7. The average Bonchev–Trinajstić information content (AvgIpc) is 2.92. The van der Waals surface area contributed by atoms with Crippen molar-refractivity contribution in [3.05, 3.63) is 35.9 Å². The molecule has 1 aliphatic carbocycles. The van der Waals surface area contributed by atoms with E-state index in [1.807, 2.05) is 37.3 Å². The third kappa shape index (κ3) is 4.07. The molecule has 1 atom stereocenters. The molecule has 5 nitrogen and oxygen atoms in total. The molecule has 120 valence electrons. The summed E-state index contributed by atoms with van der Waals surface area (Å²) >= 11 is 0. The van der Waals surface area contributed by atoms with Crippen LogP contribution in [0.5, 0.6) is 0 Å². The van der Waals surface area contributed by atoms with Gasteiger partial charge in [-0.1, -0.05) is 43.2 Å². The smallest absolute Gasteiger partial charge is 0.305 e.